The third-order valence-corrected chi connectivity index (χ3v) is 2.00. The van der Waals surface area contributed by atoms with Crippen LogP contribution in [0.25, 0.3) is 0 Å². The third kappa shape index (κ3) is 2.94. The molecule has 0 saturated heterocycles. The van der Waals surface area contributed by atoms with E-state index in [4.69, 9.17) is 9.84 Å². The van der Waals surface area contributed by atoms with E-state index in [2.05, 4.69) is 0 Å². The number of hydrogen-bond acceptors (Lipinski definition) is 2. The summed E-state index contributed by atoms with van der Waals surface area (Å²) in [5.41, 5.74) is 0.767. The number of benzene rings is 1. The Kier molecular flexibility index (Phi) is 3.66. The van der Waals surface area contributed by atoms with Gasteiger partial charge in [-0.2, -0.15) is 0 Å². The minimum atomic E-state index is -1.09. The Morgan fingerprint density at radius 1 is 1.60 bits per heavy atom. The summed E-state index contributed by atoms with van der Waals surface area (Å²) in [4.78, 5) is 10.7. The average Bonchev–Trinajstić information content (AvgIpc) is 2.16. The van der Waals surface area contributed by atoms with Crippen LogP contribution < -0.4 is 4.74 Å². The van der Waals surface area contributed by atoms with Gasteiger partial charge in [0.15, 0.2) is 17.7 Å². The molecule has 1 N–H and O–H groups in total. The molecule has 0 amide bonds. The summed E-state index contributed by atoms with van der Waals surface area (Å²) in [6.45, 7) is 3.42. The lowest BCUT2D eigenvalue weighted by molar-refractivity contribution is -0.145. The normalized spacial score (nSPS) is 12.2. The lowest BCUT2D eigenvalue weighted by Gasteiger charge is -2.13. The Morgan fingerprint density at radius 3 is 2.73 bits per heavy atom. The van der Waals surface area contributed by atoms with Crippen LogP contribution in [0.1, 0.15) is 18.9 Å². The summed E-state index contributed by atoms with van der Waals surface area (Å²) < 4.78 is 18.3. The molecule has 1 aromatic carbocycles. The molecule has 0 spiro atoms. The zero-order valence-corrected chi connectivity index (χ0v) is 8.66. The number of rotatable bonds is 4. The number of aliphatic carboxylic acids is 1. The highest BCUT2D eigenvalue weighted by Gasteiger charge is 2.18. The Morgan fingerprint density at radius 2 is 2.27 bits per heavy atom. The highest BCUT2D eigenvalue weighted by Crippen LogP contribution is 2.20. The summed E-state index contributed by atoms with van der Waals surface area (Å²) in [7, 11) is 0. The van der Waals surface area contributed by atoms with E-state index in [0.717, 1.165) is 5.56 Å². The lowest BCUT2D eigenvalue weighted by Crippen LogP contribution is -2.26. The first-order chi connectivity index (χ1) is 7.04. The molecular weight excluding hydrogens is 199 g/mol. The lowest BCUT2D eigenvalue weighted by atomic mass is 10.2. The molecule has 0 bridgehead atoms. The number of carboxylic acid groups (broad SMARTS) is 1. The first-order valence-corrected chi connectivity index (χ1v) is 4.70. The van der Waals surface area contributed by atoms with E-state index >= 15 is 0 Å². The van der Waals surface area contributed by atoms with Gasteiger partial charge < -0.3 is 9.84 Å². The van der Waals surface area contributed by atoms with Gasteiger partial charge in [0.25, 0.3) is 0 Å². The van der Waals surface area contributed by atoms with E-state index in [1.807, 2.05) is 0 Å². The first kappa shape index (κ1) is 11.5. The van der Waals surface area contributed by atoms with Crippen molar-refractivity contribution in [2.75, 3.05) is 0 Å². The van der Waals surface area contributed by atoms with Crippen molar-refractivity contribution in [1.82, 2.24) is 0 Å². The fraction of sp³-hybridized carbons (Fsp3) is 0.364. The van der Waals surface area contributed by atoms with Crippen LogP contribution in [-0.2, 0) is 4.79 Å². The van der Waals surface area contributed by atoms with Gasteiger partial charge >= 0.3 is 5.97 Å². The zero-order chi connectivity index (χ0) is 11.4. The second kappa shape index (κ2) is 4.77. The van der Waals surface area contributed by atoms with Gasteiger partial charge in [0, 0.05) is 0 Å². The van der Waals surface area contributed by atoms with Crippen LogP contribution in [0.4, 0.5) is 4.39 Å². The molecule has 0 fully saturated rings. The SMILES string of the molecule is CCC(Oc1ccc(C)cc1F)C(=O)O. The monoisotopic (exact) mass is 212 g/mol. The molecule has 0 aliphatic heterocycles. The summed E-state index contributed by atoms with van der Waals surface area (Å²) in [6, 6.07) is 4.42. The summed E-state index contributed by atoms with van der Waals surface area (Å²) >= 11 is 0. The van der Waals surface area contributed by atoms with Gasteiger partial charge in [-0.25, -0.2) is 9.18 Å². The van der Waals surface area contributed by atoms with Gasteiger partial charge in [-0.15, -0.1) is 0 Å². The Hall–Kier alpha value is -1.58. The molecule has 82 valence electrons. The Bertz CT molecular complexity index is 363. The van der Waals surface area contributed by atoms with Gasteiger partial charge in [0.2, 0.25) is 0 Å². The topological polar surface area (TPSA) is 46.5 Å². The molecule has 15 heavy (non-hydrogen) atoms. The van der Waals surface area contributed by atoms with Crippen molar-refractivity contribution in [1.29, 1.82) is 0 Å². The summed E-state index contributed by atoms with van der Waals surface area (Å²) in [5.74, 6) is -1.64. The molecule has 0 heterocycles. The fourth-order valence-corrected chi connectivity index (χ4v) is 1.16. The summed E-state index contributed by atoms with van der Waals surface area (Å²) in [6.07, 6.45) is -0.704. The predicted molar refractivity (Wildman–Crippen MR) is 53.5 cm³/mol. The fourth-order valence-electron chi connectivity index (χ4n) is 1.16. The highest BCUT2D eigenvalue weighted by atomic mass is 19.1. The molecule has 0 aliphatic rings. The smallest absolute Gasteiger partial charge is 0.344 e. The van der Waals surface area contributed by atoms with E-state index in [1.54, 1.807) is 19.9 Å². The highest BCUT2D eigenvalue weighted by molar-refractivity contribution is 5.72. The number of carbonyl (C=O) groups is 1. The maximum absolute atomic E-state index is 13.3. The van der Waals surface area contributed by atoms with Crippen molar-refractivity contribution < 1.29 is 19.0 Å². The molecule has 4 heteroatoms. The zero-order valence-electron chi connectivity index (χ0n) is 8.66. The number of hydrogen-bond donors (Lipinski definition) is 1. The number of carboxylic acids is 1. The predicted octanol–water partition coefficient (Wildman–Crippen LogP) is 2.38. The summed E-state index contributed by atoms with van der Waals surface area (Å²) in [5, 5.41) is 8.73. The molecule has 1 unspecified atom stereocenters. The average molecular weight is 212 g/mol. The third-order valence-electron chi connectivity index (χ3n) is 2.00. The quantitative estimate of drug-likeness (QED) is 0.833. The molecule has 0 saturated carbocycles. The van der Waals surface area contributed by atoms with Crippen molar-refractivity contribution in [3.63, 3.8) is 0 Å². The van der Waals surface area contributed by atoms with Crippen LogP contribution in [0.15, 0.2) is 18.2 Å². The van der Waals surface area contributed by atoms with E-state index < -0.39 is 17.9 Å². The van der Waals surface area contributed by atoms with Crippen LogP contribution in [-0.4, -0.2) is 17.2 Å². The number of halogens is 1. The number of aryl methyl sites for hydroxylation is 1. The van der Waals surface area contributed by atoms with E-state index in [0.29, 0.717) is 6.42 Å². The van der Waals surface area contributed by atoms with E-state index in [1.165, 1.54) is 12.1 Å². The van der Waals surface area contributed by atoms with Crippen LogP contribution in [0.5, 0.6) is 5.75 Å². The van der Waals surface area contributed by atoms with Crippen LogP contribution in [0.2, 0.25) is 0 Å². The molecule has 1 rings (SSSR count). The van der Waals surface area contributed by atoms with Crippen molar-refractivity contribution >= 4 is 5.97 Å². The molecule has 1 aromatic rings. The van der Waals surface area contributed by atoms with Crippen molar-refractivity contribution in [3.05, 3.63) is 29.6 Å². The second-order valence-corrected chi connectivity index (χ2v) is 3.29. The standard InChI is InChI=1S/C11H13FO3/c1-3-9(11(13)14)15-10-5-4-7(2)6-8(10)12/h4-6,9H,3H2,1-2H3,(H,13,14). The Balaban J connectivity index is 2.84. The maximum atomic E-state index is 13.3. The first-order valence-electron chi connectivity index (χ1n) is 4.70. The minimum absolute atomic E-state index is 0.0187. The van der Waals surface area contributed by atoms with Crippen LogP contribution in [0.3, 0.4) is 0 Å². The van der Waals surface area contributed by atoms with Gasteiger partial charge in [-0.3, -0.25) is 0 Å². The minimum Gasteiger partial charge on any atom is -0.479 e. The van der Waals surface area contributed by atoms with Gasteiger partial charge in [0.05, 0.1) is 0 Å². The van der Waals surface area contributed by atoms with Crippen molar-refractivity contribution in [2.45, 2.75) is 26.4 Å². The largest absolute Gasteiger partial charge is 0.479 e. The number of ether oxygens (including phenoxy) is 1. The molecular formula is C11H13FO3. The molecule has 3 nitrogen and oxygen atoms in total. The molecule has 0 aromatic heterocycles. The van der Waals surface area contributed by atoms with E-state index in [9.17, 15) is 9.18 Å². The molecule has 0 aliphatic carbocycles. The molecule has 0 radical (unpaired) electrons. The second-order valence-electron chi connectivity index (χ2n) is 3.29. The van der Waals surface area contributed by atoms with Crippen molar-refractivity contribution in [3.8, 4) is 5.75 Å². The van der Waals surface area contributed by atoms with Gasteiger partial charge in [-0.1, -0.05) is 13.0 Å². The Labute approximate surface area is 87.5 Å². The van der Waals surface area contributed by atoms with Crippen LogP contribution in [0, 0.1) is 12.7 Å². The van der Waals surface area contributed by atoms with Gasteiger partial charge in [-0.05, 0) is 31.0 Å². The maximum Gasteiger partial charge on any atom is 0.344 e. The van der Waals surface area contributed by atoms with Crippen molar-refractivity contribution in [2.24, 2.45) is 0 Å². The van der Waals surface area contributed by atoms with Gasteiger partial charge in [0.1, 0.15) is 0 Å². The molecule has 1 atom stereocenters. The van der Waals surface area contributed by atoms with Crippen LogP contribution >= 0.6 is 0 Å². The van der Waals surface area contributed by atoms with E-state index in [-0.39, 0.29) is 5.75 Å².